The number of likely N-dealkylation sites (tertiary alicyclic amines) is 1. The zero-order valence-corrected chi connectivity index (χ0v) is 11.6. The Hall–Kier alpha value is -1.85. The fourth-order valence-electron chi connectivity index (χ4n) is 2.59. The Balaban J connectivity index is 2.13. The predicted octanol–water partition coefficient (Wildman–Crippen LogP) is 0.408. The molecule has 1 N–H and O–H groups in total. The van der Waals surface area contributed by atoms with Crippen LogP contribution in [-0.4, -0.2) is 46.6 Å². The molecule has 1 aromatic heterocycles. The lowest BCUT2D eigenvalue weighted by atomic mass is 9.81. The molecule has 1 aliphatic heterocycles. The Kier molecular flexibility index (Phi) is 3.59. The third kappa shape index (κ3) is 2.62. The first-order valence-electron chi connectivity index (χ1n) is 6.47. The van der Waals surface area contributed by atoms with Crippen LogP contribution >= 0.6 is 0 Å². The lowest BCUT2D eigenvalue weighted by Gasteiger charge is -2.38. The van der Waals surface area contributed by atoms with E-state index in [4.69, 9.17) is 0 Å². The number of hydrogen-bond donors (Lipinski definition) is 1. The van der Waals surface area contributed by atoms with E-state index in [0.717, 1.165) is 12.8 Å². The molecule has 19 heavy (non-hydrogen) atoms. The van der Waals surface area contributed by atoms with Crippen LogP contribution in [0.25, 0.3) is 0 Å². The molecular weight excluding hydrogens is 244 g/mol. The highest BCUT2D eigenvalue weighted by Crippen LogP contribution is 2.30. The van der Waals surface area contributed by atoms with Crippen LogP contribution in [0.1, 0.15) is 30.3 Å². The molecular formula is C13H20N4O2. The van der Waals surface area contributed by atoms with Gasteiger partial charge in [-0.1, -0.05) is 0 Å². The summed E-state index contributed by atoms with van der Waals surface area (Å²) in [6.07, 6.45) is 3.39. The van der Waals surface area contributed by atoms with Crippen LogP contribution < -0.4 is 5.32 Å². The van der Waals surface area contributed by atoms with Gasteiger partial charge in [0.25, 0.3) is 5.91 Å². The molecule has 0 radical (unpaired) electrons. The zero-order valence-electron chi connectivity index (χ0n) is 11.6. The standard InChI is InChI=1S/C13H20N4O2/c1-13(12(19)14-2)6-4-7-17(9-13)11(18)10-5-8-16(3)15-10/h5,8H,4,6-7,9H2,1-3H3,(H,14,19)/t13-/m0/s1. The van der Waals surface area contributed by atoms with Gasteiger partial charge in [0, 0.05) is 33.4 Å². The van der Waals surface area contributed by atoms with Gasteiger partial charge in [0.2, 0.25) is 5.91 Å². The zero-order chi connectivity index (χ0) is 14.0. The van der Waals surface area contributed by atoms with Crippen molar-refractivity contribution in [1.82, 2.24) is 20.0 Å². The monoisotopic (exact) mass is 264 g/mol. The van der Waals surface area contributed by atoms with Gasteiger partial charge >= 0.3 is 0 Å². The van der Waals surface area contributed by atoms with Crippen molar-refractivity contribution >= 4 is 11.8 Å². The number of piperidine rings is 1. The van der Waals surface area contributed by atoms with Crippen molar-refractivity contribution in [2.24, 2.45) is 12.5 Å². The van der Waals surface area contributed by atoms with Gasteiger partial charge in [-0.3, -0.25) is 14.3 Å². The minimum Gasteiger partial charge on any atom is -0.359 e. The number of nitrogens with one attached hydrogen (secondary N) is 1. The molecule has 0 aromatic carbocycles. The highest BCUT2D eigenvalue weighted by molar-refractivity contribution is 5.93. The van der Waals surface area contributed by atoms with E-state index in [0.29, 0.717) is 18.8 Å². The molecule has 0 unspecified atom stereocenters. The Morgan fingerprint density at radius 3 is 2.79 bits per heavy atom. The van der Waals surface area contributed by atoms with Crippen LogP contribution in [0.5, 0.6) is 0 Å². The topological polar surface area (TPSA) is 67.2 Å². The first-order chi connectivity index (χ1) is 8.96. The molecule has 2 heterocycles. The average Bonchev–Trinajstić information content (AvgIpc) is 2.83. The summed E-state index contributed by atoms with van der Waals surface area (Å²) in [6.45, 7) is 3.04. The van der Waals surface area contributed by atoms with E-state index in [1.807, 2.05) is 6.92 Å². The molecule has 0 bridgehead atoms. The summed E-state index contributed by atoms with van der Waals surface area (Å²) >= 11 is 0. The summed E-state index contributed by atoms with van der Waals surface area (Å²) < 4.78 is 1.61. The molecule has 1 atom stereocenters. The van der Waals surface area contributed by atoms with Gasteiger partial charge in [-0.15, -0.1) is 0 Å². The van der Waals surface area contributed by atoms with Crippen molar-refractivity contribution < 1.29 is 9.59 Å². The summed E-state index contributed by atoms with van der Waals surface area (Å²) in [5.41, 5.74) is -0.0686. The van der Waals surface area contributed by atoms with Crippen molar-refractivity contribution in [3.8, 4) is 0 Å². The van der Waals surface area contributed by atoms with Crippen LogP contribution in [0.15, 0.2) is 12.3 Å². The van der Waals surface area contributed by atoms with Crippen molar-refractivity contribution in [3.63, 3.8) is 0 Å². The van der Waals surface area contributed by atoms with E-state index < -0.39 is 5.41 Å². The summed E-state index contributed by atoms with van der Waals surface area (Å²) in [7, 11) is 3.41. The second-order valence-corrected chi connectivity index (χ2v) is 5.34. The number of rotatable bonds is 2. The van der Waals surface area contributed by atoms with Gasteiger partial charge in [-0.2, -0.15) is 5.10 Å². The normalized spacial score (nSPS) is 23.2. The molecule has 1 saturated heterocycles. The Morgan fingerprint density at radius 2 is 2.21 bits per heavy atom. The number of amides is 2. The third-order valence-electron chi connectivity index (χ3n) is 3.69. The molecule has 0 aliphatic carbocycles. The van der Waals surface area contributed by atoms with E-state index in [9.17, 15) is 9.59 Å². The summed E-state index contributed by atoms with van der Waals surface area (Å²) in [5.74, 6) is -0.110. The summed E-state index contributed by atoms with van der Waals surface area (Å²) in [6, 6.07) is 1.70. The molecule has 104 valence electrons. The SMILES string of the molecule is CNC(=O)[C@@]1(C)CCCN(C(=O)c2ccn(C)n2)C1. The number of aromatic nitrogens is 2. The molecule has 1 aromatic rings. The lowest BCUT2D eigenvalue weighted by molar-refractivity contribution is -0.132. The van der Waals surface area contributed by atoms with Crippen molar-refractivity contribution in [2.75, 3.05) is 20.1 Å². The van der Waals surface area contributed by atoms with E-state index in [2.05, 4.69) is 10.4 Å². The smallest absolute Gasteiger partial charge is 0.274 e. The average molecular weight is 264 g/mol. The molecule has 2 amide bonds. The van der Waals surface area contributed by atoms with Crippen LogP contribution in [0.4, 0.5) is 0 Å². The van der Waals surface area contributed by atoms with E-state index >= 15 is 0 Å². The summed E-state index contributed by atoms with van der Waals surface area (Å²) in [5, 5.41) is 6.81. The highest BCUT2D eigenvalue weighted by atomic mass is 16.2. The molecule has 2 rings (SSSR count). The first-order valence-corrected chi connectivity index (χ1v) is 6.47. The van der Waals surface area contributed by atoms with Crippen LogP contribution in [0, 0.1) is 5.41 Å². The summed E-state index contributed by atoms with van der Waals surface area (Å²) in [4.78, 5) is 26.0. The van der Waals surface area contributed by atoms with Crippen molar-refractivity contribution in [1.29, 1.82) is 0 Å². The van der Waals surface area contributed by atoms with E-state index in [-0.39, 0.29) is 11.8 Å². The number of carbonyl (C=O) groups excluding carboxylic acids is 2. The molecule has 6 nitrogen and oxygen atoms in total. The maximum absolute atomic E-state index is 12.3. The molecule has 1 aliphatic rings. The van der Waals surface area contributed by atoms with Gasteiger partial charge in [0.05, 0.1) is 5.41 Å². The number of hydrogen-bond acceptors (Lipinski definition) is 3. The van der Waals surface area contributed by atoms with Crippen molar-refractivity contribution in [3.05, 3.63) is 18.0 Å². The van der Waals surface area contributed by atoms with Crippen LogP contribution in [0.3, 0.4) is 0 Å². The van der Waals surface area contributed by atoms with Gasteiger partial charge in [0.15, 0.2) is 0 Å². The van der Waals surface area contributed by atoms with E-state index in [1.54, 1.807) is 35.9 Å². The number of carbonyl (C=O) groups is 2. The maximum atomic E-state index is 12.3. The van der Waals surface area contributed by atoms with Crippen molar-refractivity contribution in [2.45, 2.75) is 19.8 Å². The van der Waals surface area contributed by atoms with Gasteiger partial charge in [0.1, 0.15) is 5.69 Å². The first kappa shape index (κ1) is 13.6. The van der Waals surface area contributed by atoms with E-state index in [1.165, 1.54) is 0 Å². The molecule has 6 heteroatoms. The second kappa shape index (κ2) is 5.03. The maximum Gasteiger partial charge on any atom is 0.274 e. The molecule has 0 saturated carbocycles. The van der Waals surface area contributed by atoms with Gasteiger partial charge < -0.3 is 10.2 Å². The van der Waals surface area contributed by atoms with Crippen LogP contribution in [-0.2, 0) is 11.8 Å². The highest BCUT2D eigenvalue weighted by Gasteiger charge is 2.39. The second-order valence-electron chi connectivity index (χ2n) is 5.34. The van der Waals surface area contributed by atoms with Crippen LogP contribution in [0.2, 0.25) is 0 Å². The largest absolute Gasteiger partial charge is 0.359 e. The van der Waals surface area contributed by atoms with Gasteiger partial charge in [-0.05, 0) is 25.8 Å². The fourth-order valence-corrected chi connectivity index (χ4v) is 2.59. The predicted molar refractivity (Wildman–Crippen MR) is 70.5 cm³/mol. The lowest BCUT2D eigenvalue weighted by Crippen LogP contribution is -2.51. The Morgan fingerprint density at radius 1 is 1.47 bits per heavy atom. The quantitative estimate of drug-likeness (QED) is 0.841. The Bertz CT molecular complexity index is 497. The fraction of sp³-hybridized carbons (Fsp3) is 0.615. The van der Waals surface area contributed by atoms with Gasteiger partial charge in [-0.25, -0.2) is 0 Å². The minimum atomic E-state index is -0.503. The number of nitrogens with zero attached hydrogens (tertiary/aromatic N) is 3. The minimum absolute atomic E-state index is 0.00831. The third-order valence-corrected chi connectivity index (χ3v) is 3.69. The Labute approximate surface area is 112 Å². The number of aryl methyl sites for hydroxylation is 1. The molecule has 1 fully saturated rings. The molecule has 0 spiro atoms.